The highest BCUT2D eigenvalue weighted by Gasteiger charge is 2.21. The Kier molecular flexibility index (Phi) is 7.17. The minimum atomic E-state index is -1.20. The third-order valence-electron chi connectivity index (χ3n) is 3.52. The smallest absolute Gasteiger partial charge is 0.407 e. The molecular formula is C17H20BrN3O4. The molecule has 134 valence electrons. The number of nitrogen functional groups attached to an aromatic ring is 1. The van der Waals surface area contributed by atoms with Gasteiger partial charge >= 0.3 is 6.09 Å². The van der Waals surface area contributed by atoms with Crippen molar-refractivity contribution in [1.29, 1.82) is 0 Å². The summed E-state index contributed by atoms with van der Waals surface area (Å²) in [5, 5.41) is 22.8. The molecule has 0 saturated carbocycles. The van der Waals surface area contributed by atoms with Crippen molar-refractivity contribution in [3.8, 4) is 0 Å². The molecule has 2 atom stereocenters. The maximum Gasteiger partial charge on any atom is 0.407 e. The molecule has 0 bridgehead atoms. The molecule has 1 aromatic heterocycles. The van der Waals surface area contributed by atoms with E-state index >= 15 is 0 Å². The van der Waals surface area contributed by atoms with Crippen LogP contribution in [0.2, 0.25) is 0 Å². The van der Waals surface area contributed by atoms with E-state index in [4.69, 9.17) is 10.5 Å². The van der Waals surface area contributed by atoms with E-state index in [-0.39, 0.29) is 25.4 Å². The van der Waals surface area contributed by atoms with Gasteiger partial charge in [0.25, 0.3) is 0 Å². The van der Waals surface area contributed by atoms with Gasteiger partial charge in [-0.05, 0) is 34.0 Å². The summed E-state index contributed by atoms with van der Waals surface area (Å²) in [6.07, 6.45) is -1.26. The van der Waals surface area contributed by atoms with E-state index in [1.807, 2.05) is 30.3 Å². The number of hydrogen-bond donors (Lipinski definition) is 4. The Hall–Kier alpha value is -2.16. The van der Waals surface area contributed by atoms with Gasteiger partial charge in [-0.15, -0.1) is 0 Å². The van der Waals surface area contributed by atoms with Gasteiger partial charge in [-0.3, -0.25) is 0 Å². The molecule has 2 aromatic rings. The van der Waals surface area contributed by atoms with Crippen molar-refractivity contribution in [2.45, 2.75) is 25.2 Å². The van der Waals surface area contributed by atoms with Gasteiger partial charge in [0.1, 0.15) is 18.5 Å². The van der Waals surface area contributed by atoms with Gasteiger partial charge in [0.15, 0.2) is 0 Å². The summed E-state index contributed by atoms with van der Waals surface area (Å²) in [5.41, 5.74) is 6.91. The Morgan fingerprint density at radius 2 is 2.04 bits per heavy atom. The maximum absolute atomic E-state index is 11.6. The molecule has 0 fully saturated rings. The summed E-state index contributed by atoms with van der Waals surface area (Å²) in [5.74, 6) is 0.144. The Balaban J connectivity index is 1.75. The quantitative estimate of drug-likeness (QED) is 0.556. The number of aromatic nitrogens is 1. The molecule has 0 radical (unpaired) electrons. The SMILES string of the molecule is Nc1ncc(Br)cc1C(O)C(O)CCNC(=O)OCc1ccccc1. The summed E-state index contributed by atoms with van der Waals surface area (Å²) in [6.45, 7) is 0.311. The van der Waals surface area contributed by atoms with Crippen molar-refractivity contribution in [3.05, 3.63) is 58.2 Å². The van der Waals surface area contributed by atoms with E-state index in [0.717, 1.165) is 5.56 Å². The van der Waals surface area contributed by atoms with Crippen LogP contribution in [0.25, 0.3) is 0 Å². The number of anilines is 1. The summed E-state index contributed by atoms with van der Waals surface area (Å²) < 4.78 is 5.70. The Bertz CT molecular complexity index is 700. The number of aliphatic hydroxyl groups excluding tert-OH is 2. The lowest BCUT2D eigenvalue weighted by Crippen LogP contribution is -2.30. The lowest BCUT2D eigenvalue weighted by atomic mass is 10.0. The first-order valence-corrected chi connectivity index (χ1v) is 8.48. The number of benzene rings is 1. The van der Waals surface area contributed by atoms with Crippen molar-refractivity contribution in [2.75, 3.05) is 12.3 Å². The first-order valence-electron chi connectivity index (χ1n) is 7.69. The molecule has 0 aliphatic carbocycles. The first-order chi connectivity index (χ1) is 12.0. The zero-order valence-corrected chi connectivity index (χ0v) is 15.0. The van der Waals surface area contributed by atoms with E-state index < -0.39 is 18.3 Å². The van der Waals surface area contributed by atoms with Crippen LogP contribution in [0.5, 0.6) is 0 Å². The minimum Gasteiger partial charge on any atom is -0.445 e. The number of halogens is 1. The lowest BCUT2D eigenvalue weighted by molar-refractivity contribution is 0.0138. The molecule has 2 rings (SSSR count). The number of carbonyl (C=O) groups excluding carboxylic acids is 1. The number of nitrogens with zero attached hydrogens (tertiary/aromatic N) is 1. The summed E-state index contributed by atoms with van der Waals surface area (Å²) in [6, 6.07) is 10.9. The molecule has 1 heterocycles. The molecule has 7 nitrogen and oxygen atoms in total. The Labute approximate surface area is 154 Å². The minimum absolute atomic E-state index is 0.132. The molecule has 0 aliphatic rings. The van der Waals surface area contributed by atoms with E-state index in [9.17, 15) is 15.0 Å². The van der Waals surface area contributed by atoms with Gasteiger partial charge in [0, 0.05) is 22.8 Å². The summed E-state index contributed by atoms with van der Waals surface area (Å²) in [4.78, 5) is 15.5. The third-order valence-corrected chi connectivity index (χ3v) is 3.96. The molecule has 0 saturated heterocycles. The highest BCUT2D eigenvalue weighted by Crippen LogP contribution is 2.25. The second kappa shape index (κ2) is 9.36. The molecule has 1 amide bonds. The van der Waals surface area contributed by atoms with Crippen LogP contribution < -0.4 is 11.1 Å². The highest BCUT2D eigenvalue weighted by atomic mass is 79.9. The van der Waals surface area contributed by atoms with Crippen molar-refractivity contribution in [1.82, 2.24) is 10.3 Å². The number of alkyl carbamates (subject to hydrolysis) is 1. The summed E-state index contributed by atoms with van der Waals surface area (Å²) in [7, 11) is 0. The zero-order valence-electron chi connectivity index (χ0n) is 13.4. The van der Waals surface area contributed by atoms with Crippen molar-refractivity contribution in [3.63, 3.8) is 0 Å². The number of amides is 1. The molecule has 25 heavy (non-hydrogen) atoms. The summed E-state index contributed by atoms with van der Waals surface area (Å²) >= 11 is 3.24. The predicted octanol–water partition coefficient (Wildman–Crippen LogP) is 2.14. The number of ether oxygens (including phenoxy) is 1. The van der Waals surface area contributed by atoms with Crippen LogP contribution >= 0.6 is 15.9 Å². The van der Waals surface area contributed by atoms with Crippen LogP contribution in [0.4, 0.5) is 10.6 Å². The fourth-order valence-electron chi connectivity index (χ4n) is 2.16. The van der Waals surface area contributed by atoms with Crippen molar-refractivity contribution in [2.24, 2.45) is 0 Å². The van der Waals surface area contributed by atoms with Crippen LogP contribution in [0.3, 0.4) is 0 Å². The first kappa shape index (κ1) is 19.2. The molecular weight excluding hydrogens is 390 g/mol. The van der Waals surface area contributed by atoms with Gasteiger partial charge in [0.05, 0.1) is 6.10 Å². The van der Waals surface area contributed by atoms with Crippen LogP contribution in [-0.2, 0) is 11.3 Å². The van der Waals surface area contributed by atoms with E-state index in [0.29, 0.717) is 10.0 Å². The number of nitrogens with two attached hydrogens (primary N) is 1. The Morgan fingerprint density at radius 3 is 2.76 bits per heavy atom. The zero-order chi connectivity index (χ0) is 18.2. The predicted molar refractivity (Wildman–Crippen MR) is 96.6 cm³/mol. The largest absolute Gasteiger partial charge is 0.445 e. The second-order valence-corrected chi connectivity index (χ2v) is 6.33. The molecule has 1 aromatic carbocycles. The van der Waals surface area contributed by atoms with Gasteiger partial charge in [-0.1, -0.05) is 30.3 Å². The number of aliphatic hydroxyl groups is 2. The topological polar surface area (TPSA) is 118 Å². The van der Waals surface area contributed by atoms with Gasteiger partial charge < -0.3 is 26.0 Å². The fraction of sp³-hybridized carbons (Fsp3) is 0.294. The number of rotatable bonds is 7. The number of pyridine rings is 1. The fourth-order valence-corrected chi connectivity index (χ4v) is 2.51. The number of nitrogens with one attached hydrogen (secondary N) is 1. The van der Waals surface area contributed by atoms with Gasteiger partial charge in [0.2, 0.25) is 0 Å². The van der Waals surface area contributed by atoms with Crippen LogP contribution in [-0.4, -0.2) is 33.9 Å². The second-order valence-electron chi connectivity index (χ2n) is 5.42. The molecule has 8 heteroatoms. The maximum atomic E-state index is 11.6. The molecule has 0 spiro atoms. The third kappa shape index (κ3) is 6.00. The highest BCUT2D eigenvalue weighted by molar-refractivity contribution is 9.10. The monoisotopic (exact) mass is 409 g/mol. The van der Waals surface area contributed by atoms with E-state index in [2.05, 4.69) is 26.2 Å². The standard InChI is InChI=1S/C17H20BrN3O4/c18-12-8-13(16(19)21-9-12)15(23)14(22)6-7-20-17(24)25-10-11-4-2-1-3-5-11/h1-5,8-9,14-15,22-23H,6-7,10H2,(H2,19,21)(H,20,24). The molecule has 5 N–H and O–H groups in total. The molecule has 2 unspecified atom stereocenters. The van der Waals surface area contributed by atoms with Crippen molar-refractivity contribution >= 4 is 27.8 Å². The van der Waals surface area contributed by atoms with Gasteiger partial charge in [-0.25, -0.2) is 9.78 Å². The van der Waals surface area contributed by atoms with Crippen molar-refractivity contribution < 1.29 is 19.7 Å². The Morgan fingerprint density at radius 1 is 1.32 bits per heavy atom. The van der Waals surface area contributed by atoms with Crippen LogP contribution in [0.1, 0.15) is 23.7 Å². The lowest BCUT2D eigenvalue weighted by Gasteiger charge is -2.19. The van der Waals surface area contributed by atoms with Gasteiger partial charge in [-0.2, -0.15) is 0 Å². The van der Waals surface area contributed by atoms with E-state index in [1.54, 1.807) is 6.07 Å². The van der Waals surface area contributed by atoms with Crippen LogP contribution in [0.15, 0.2) is 47.1 Å². The number of hydrogen-bond acceptors (Lipinski definition) is 6. The van der Waals surface area contributed by atoms with E-state index in [1.165, 1.54) is 6.20 Å². The van der Waals surface area contributed by atoms with Crippen LogP contribution in [0, 0.1) is 0 Å². The molecule has 0 aliphatic heterocycles. The average molecular weight is 410 g/mol. The normalized spacial score (nSPS) is 13.1. The average Bonchev–Trinajstić information content (AvgIpc) is 2.62. The number of carbonyl (C=O) groups is 1.